The summed E-state index contributed by atoms with van der Waals surface area (Å²) in [6, 6.07) is 8.37. The quantitative estimate of drug-likeness (QED) is 0.0174. The highest BCUT2D eigenvalue weighted by molar-refractivity contribution is 14.1. The molecule has 2 fully saturated rings. The first-order valence-corrected chi connectivity index (χ1v) is 43.3. The third-order valence-corrected chi connectivity index (χ3v) is 19.2. The van der Waals surface area contributed by atoms with Crippen molar-refractivity contribution >= 4 is 159 Å². The normalized spacial score (nSPS) is 16.5. The Morgan fingerprint density at radius 3 is 1.51 bits per heavy atom. The molecule has 0 bridgehead atoms. The number of aromatic amines is 3. The van der Waals surface area contributed by atoms with Gasteiger partial charge in [0.1, 0.15) is 22.7 Å². The van der Waals surface area contributed by atoms with E-state index in [9.17, 15) is 38.1 Å². The molecule has 0 spiro atoms. The number of hydrogen-bond donors (Lipinski definition) is 5. The Morgan fingerprint density at radius 2 is 1.19 bits per heavy atom. The van der Waals surface area contributed by atoms with Gasteiger partial charge < -0.3 is 35.4 Å². The number of carbonyl (C=O) groups is 5. The second-order valence-corrected chi connectivity index (χ2v) is 39.9. The van der Waals surface area contributed by atoms with Crippen molar-refractivity contribution in [1.82, 2.24) is 30.1 Å². The van der Waals surface area contributed by atoms with Crippen molar-refractivity contribution in [1.29, 1.82) is 15.8 Å². The Bertz CT molecular complexity index is 3490. The average molecular weight is 1830 g/mol. The fourth-order valence-electron chi connectivity index (χ4n) is 9.79. The van der Waals surface area contributed by atoms with E-state index in [-0.39, 0.29) is 72.4 Å². The number of aromatic nitrogens is 6. The molecule has 3 aromatic heterocycles. The first-order chi connectivity index (χ1) is 48.5. The zero-order valence-corrected chi connectivity index (χ0v) is 76.0. The second-order valence-electron chi connectivity index (χ2n) is 30.0. The van der Waals surface area contributed by atoms with Crippen LogP contribution in [0.4, 0.5) is 10.6 Å². The van der Waals surface area contributed by atoms with E-state index in [1.807, 2.05) is 109 Å². The van der Waals surface area contributed by atoms with Crippen LogP contribution in [0.1, 0.15) is 249 Å². The van der Waals surface area contributed by atoms with Crippen molar-refractivity contribution in [3.8, 4) is 18.2 Å². The number of nitrogens with one attached hydrogen (secondary N) is 3. The lowest BCUT2D eigenvalue weighted by atomic mass is 9.89. The first kappa shape index (κ1) is 108. The topological polar surface area (TPSA) is 383 Å². The van der Waals surface area contributed by atoms with Crippen LogP contribution in [0.3, 0.4) is 0 Å². The summed E-state index contributed by atoms with van der Waals surface area (Å²) >= 11 is 41.9. The molecular weight excluding hydrogens is 1710 g/mol. The molecule has 33 heteroatoms. The molecule has 0 aromatic carbocycles. The average Bonchev–Trinajstić information content (AvgIpc) is 1.63. The minimum atomic E-state index is -3.22. The maximum absolute atomic E-state index is 11.5. The molecular formula is C73H117BrCl7IN11O12P. The molecule has 0 amide bonds. The van der Waals surface area contributed by atoms with Gasteiger partial charge in [-0.25, -0.2) is 24.4 Å². The van der Waals surface area contributed by atoms with Gasteiger partial charge in [-0.1, -0.05) is 133 Å². The zero-order valence-electron chi connectivity index (χ0n) is 66.0. The van der Waals surface area contributed by atoms with Crippen LogP contribution in [-0.4, -0.2) is 110 Å². The fraction of sp³-hybridized carbons (Fsp3) is 0.712. The zero-order chi connectivity index (χ0) is 83.6. The number of methoxy groups -OCH3 is 4. The van der Waals surface area contributed by atoms with E-state index in [1.54, 1.807) is 0 Å². The van der Waals surface area contributed by atoms with E-state index < -0.39 is 23.0 Å². The fourth-order valence-corrected chi connectivity index (χ4v) is 11.5. The van der Waals surface area contributed by atoms with E-state index in [0.717, 1.165) is 140 Å². The van der Waals surface area contributed by atoms with E-state index in [2.05, 4.69) is 161 Å². The number of nitrogens with two attached hydrogens (primary N) is 2. The SMILES string of the molecule is CC(C)(C#N)CCCCl.CC(C)(C#N)CCCI.CC(C)C#N.CC(C)c1cc(N)n[nH]1.CC1(C)CCCC1=O.CC1(C)CCc2c(Cl)nc(Cl)nc21.CC1(C)CCc2c1[nH]c(=O)[nH]c2=O.COC(=O)C1=C(N)C(C)(C)CC1.COC(=O)C1CCC(C)(C)C1=O.COC(=O)OC.ClCCCBr.O=P(Cl)(Cl)Cl. The minimum absolute atomic E-state index is 0.0139. The van der Waals surface area contributed by atoms with Crippen LogP contribution in [0.2, 0.25) is 10.4 Å². The van der Waals surface area contributed by atoms with Gasteiger partial charge in [0.2, 0.25) is 5.28 Å². The summed E-state index contributed by atoms with van der Waals surface area (Å²) in [5, 5.41) is 30.2. The number of nitrogens with zero attached hydrogens (tertiary/aromatic N) is 6. The predicted molar refractivity (Wildman–Crippen MR) is 443 cm³/mol. The summed E-state index contributed by atoms with van der Waals surface area (Å²) in [5.74, 6) is 1.96. The monoisotopic (exact) mass is 1820 g/mol. The van der Waals surface area contributed by atoms with Crippen molar-refractivity contribution in [2.24, 2.45) is 44.6 Å². The van der Waals surface area contributed by atoms with Gasteiger partial charge in [0.05, 0.1) is 68.7 Å². The molecule has 0 aliphatic heterocycles. The van der Waals surface area contributed by atoms with Crippen molar-refractivity contribution in [2.45, 2.75) is 244 Å². The van der Waals surface area contributed by atoms with Gasteiger partial charge in [0.15, 0.2) is 5.78 Å². The molecule has 5 aliphatic carbocycles. The standard InChI is InChI=1S/C9H10Cl2N2.C9H12N2O2.C9H15NO2.C9H14O3.C7H12ClN.C7H12IN.C7H12O.C6H11N3.C4H7N.C3H6BrCl.C3H6O3.Cl3OP/c1-9(2)4-3-5-6(9)12-8(11)13-7(5)10;1-9(2)4-3-5-6(9)10-8(13)11-7(5)12;2*1-9(2)5-4-6(7(9)10)8(11)12-3;2*1-7(2,6-9)4-3-5-8;1-7(2)5-3-4-6(7)8;1-4(2)5-3-6(7)9-8-5;1-4(2)3-5;4-2-1-3-5;1-5-3(4)6-2;1-5(2,3)4/h3-4H2,1-2H3;3-4H2,1-2H3,(H2,10,11,12,13);4-5,10H2,1-3H3;6H,4-5H2,1-3H3;2*3-5H2,1-2H3;3-5H2,1-2H3;3-4H,1-2H3,(H3,7,8,9);4H,1-2H3;1-3H2;1-2H3;. The van der Waals surface area contributed by atoms with Gasteiger partial charge in [-0.05, 0) is 194 Å². The number of allylic oxidation sites excluding steroid dienone is 1. The summed E-state index contributed by atoms with van der Waals surface area (Å²) < 4.78 is 27.9. The third kappa shape index (κ3) is 45.8. The summed E-state index contributed by atoms with van der Waals surface area (Å²) in [5.41, 5.74) is 16.0. The molecule has 1 unspecified atom stereocenters. The number of fused-ring (bicyclic) bond motifs is 2. The van der Waals surface area contributed by atoms with Crippen LogP contribution >= 0.6 is 124 Å². The largest absolute Gasteiger partial charge is 0.507 e. The molecule has 106 heavy (non-hydrogen) atoms. The second kappa shape index (κ2) is 52.9. The highest BCUT2D eigenvalue weighted by Crippen LogP contribution is 2.61. The molecule has 3 heterocycles. The molecule has 0 saturated heterocycles. The van der Waals surface area contributed by atoms with Crippen LogP contribution in [0, 0.1) is 72.9 Å². The smallest absolute Gasteiger partial charge is 0.468 e. The van der Waals surface area contributed by atoms with Crippen molar-refractivity contribution in [3.63, 3.8) is 0 Å². The highest BCUT2D eigenvalue weighted by atomic mass is 127. The number of anilines is 1. The number of nitriles is 3. The van der Waals surface area contributed by atoms with Gasteiger partial charge in [-0.15, -0.1) is 23.2 Å². The van der Waals surface area contributed by atoms with E-state index in [0.29, 0.717) is 46.2 Å². The lowest BCUT2D eigenvalue weighted by Gasteiger charge is -2.18. The first-order valence-electron chi connectivity index (χ1n) is 34.4. The number of alkyl halides is 4. The number of rotatable bonds is 11. The number of nitrogen functional groups attached to an aromatic ring is 1. The number of esters is 2. The Kier molecular flexibility index (Phi) is 53.9. The van der Waals surface area contributed by atoms with Crippen LogP contribution < -0.4 is 22.7 Å². The number of H-pyrrole nitrogens is 3. The van der Waals surface area contributed by atoms with Crippen molar-refractivity contribution in [3.05, 3.63) is 76.8 Å². The molecule has 1 atom stereocenters. The van der Waals surface area contributed by atoms with Crippen LogP contribution in [0.5, 0.6) is 0 Å². The van der Waals surface area contributed by atoms with Crippen LogP contribution in [0.25, 0.3) is 0 Å². The maximum Gasteiger partial charge on any atom is 0.507 e. The molecule has 2 saturated carbocycles. The van der Waals surface area contributed by atoms with E-state index >= 15 is 0 Å². The van der Waals surface area contributed by atoms with E-state index in [4.69, 9.17) is 73.7 Å². The molecule has 7 N–H and O–H groups in total. The van der Waals surface area contributed by atoms with Gasteiger partial charge in [-0.2, -0.15) is 20.9 Å². The number of hydrogen-bond acceptors (Lipinski definition) is 20. The number of Topliss-reactive ketones (excluding diaryl/α,β-unsaturated/α-hetero) is 2. The maximum atomic E-state index is 11.5. The Balaban J connectivity index is -0.000000543. The Labute approximate surface area is 686 Å². The molecule has 3 aromatic rings. The summed E-state index contributed by atoms with van der Waals surface area (Å²) in [7, 11) is 5.21. The van der Waals surface area contributed by atoms with Crippen LogP contribution in [-0.2, 0) is 66.4 Å². The van der Waals surface area contributed by atoms with Gasteiger partial charge in [0, 0.05) is 90.8 Å². The molecule has 8 rings (SSSR count). The molecule has 0 radical (unpaired) electrons. The Morgan fingerprint density at radius 1 is 0.698 bits per heavy atom. The number of ether oxygens (including phenoxy) is 4. The highest BCUT2D eigenvalue weighted by Gasteiger charge is 2.44. The Hall–Kier alpha value is -4.20. The molecule has 23 nitrogen and oxygen atoms in total. The summed E-state index contributed by atoms with van der Waals surface area (Å²) in [4.78, 5) is 89.9. The van der Waals surface area contributed by atoms with Gasteiger partial charge in [-0.3, -0.25) is 33.8 Å². The van der Waals surface area contributed by atoms with Gasteiger partial charge in [0.25, 0.3) is 5.56 Å². The lowest BCUT2D eigenvalue weighted by molar-refractivity contribution is -0.149. The molecule has 5 aliphatic rings. The van der Waals surface area contributed by atoms with Crippen molar-refractivity contribution < 1.29 is 47.5 Å². The van der Waals surface area contributed by atoms with Crippen LogP contribution in [0.15, 0.2) is 26.9 Å². The van der Waals surface area contributed by atoms with Crippen molar-refractivity contribution in [2.75, 3.05) is 55.7 Å². The number of ketones is 2. The number of carbonyl (C=O) groups excluding carboxylic acids is 5. The third-order valence-electron chi connectivity index (χ3n) is 16.8. The van der Waals surface area contributed by atoms with E-state index in [1.165, 1.54) is 28.4 Å². The van der Waals surface area contributed by atoms with Gasteiger partial charge >= 0.3 is 29.0 Å². The minimum Gasteiger partial charge on any atom is -0.468 e. The predicted octanol–water partition coefficient (Wildman–Crippen LogP) is 20.2. The molecule has 604 valence electrons. The lowest BCUT2D eigenvalue weighted by Crippen LogP contribution is -2.28. The summed E-state index contributed by atoms with van der Waals surface area (Å²) in [6.45, 7) is 36.0. The number of halogens is 9. The summed E-state index contributed by atoms with van der Waals surface area (Å²) in [6.07, 6.45) is 14.2.